The van der Waals surface area contributed by atoms with Crippen molar-refractivity contribution in [3.63, 3.8) is 0 Å². The van der Waals surface area contributed by atoms with Crippen molar-refractivity contribution in [3.05, 3.63) is 222 Å². The highest BCUT2D eigenvalue weighted by molar-refractivity contribution is 5.98. The molecule has 0 saturated heterocycles. The maximum atomic E-state index is 6.88. The Morgan fingerprint density at radius 3 is 1.87 bits per heavy atom. The minimum absolute atomic E-state index is 0.0894. The van der Waals surface area contributed by atoms with Gasteiger partial charge in [-0.1, -0.05) is 196 Å². The maximum absolute atomic E-state index is 6.88. The van der Waals surface area contributed by atoms with Gasteiger partial charge in [-0.2, -0.15) is 0 Å². The molecule has 2 atom stereocenters. The second-order valence-electron chi connectivity index (χ2n) is 15.1. The molecule has 0 radical (unpaired) electrons. The van der Waals surface area contributed by atoms with Crippen LogP contribution in [0.5, 0.6) is 0 Å². The molecule has 1 aliphatic rings. The molecular weight excluding hydrogens is 665 g/mol. The van der Waals surface area contributed by atoms with Gasteiger partial charge in [0, 0.05) is 5.41 Å². The van der Waals surface area contributed by atoms with Crippen molar-refractivity contribution in [1.29, 1.82) is 0 Å². The number of hydrogen-bond donors (Lipinski definition) is 2. The third-order valence-corrected chi connectivity index (χ3v) is 11.4. The molecule has 2 unspecified atom stereocenters. The van der Waals surface area contributed by atoms with Gasteiger partial charge < -0.3 is 5.73 Å². The number of nitrogens with two attached hydrogens (primary N) is 1. The first-order chi connectivity index (χ1) is 26.9. The zero-order chi connectivity index (χ0) is 37.4. The Kier molecular flexibility index (Phi) is 9.07. The van der Waals surface area contributed by atoms with E-state index in [1.165, 1.54) is 72.0 Å². The van der Waals surface area contributed by atoms with Gasteiger partial charge in [-0.15, -0.1) is 0 Å². The highest BCUT2D eigenvalue weighted by Crippen LogP contribution is 2.53. The zero-order valence-electron chi connectivity index (χ0n) is 31.3. The van der Waals surface area contributed by atoms with E-state index in [0.717, 1.165) is 11.1 Å². The molecule has 266 valence electrons. The van der Waals surface area contributed by atoms with Crippen molar-refractivity contribution < 1.29 is 0 Å². The van der Waals surface area contributed by atoms with Gasteiger partial charge in [-0.25, -0.2) is 0 Å². The van der Waals surface area contributed by atoms with Gasteiger partial charge in [0.15, 0.2) is 0 Å². The second-order valence-corrected chi connectivity index (χ2v) is 15.1. The number of benzene rings is 8. The van der Waals surface area contributed by atoms with E-state index in [0.29, 0.717) is 0 Å². The smallest absolute Gasteiger partial charge is 0.0817 e. The lowest BCUT2D eigenvalue weighted by atomic mass is 9.81. The van der Waals surface area contributed by atoms with Crippen LogP contribution in [-0.4, -0.2) is 0 Å². The van der Waals surface area contributed by atoms with E-state index in [1.54, 1.807) is 0 Å². The van der Waals surface area contributed by atoms with Crippen LogP contribution >= 0.6 is 0 Å². The first-order valence-electron chi connectivity index (χ1n) is 19.2. The molecule has 0 fully saturated rings. The summed E-state index contributed by atoms with van der Waals surface area (Å²) >= 11 is 0. The lowest BCUT2D eigenvalue weighted by Gasteiger charge is -2.24. The number of fused-ring (bicyclic) bond motifs is 4. The summed E-state index contributed by atoms with van der Waals surface area (Å²) in [6.45, 7) is 4.72. The van der Waals surface area contributed by atoms with Crippen LogP contribution in [0, 0.1) is 0 Å². The summed E-state index contributed by atoms with van der Waals surface area (Å²) in [5.41, 5.74) is 22.8. The number of hydrogen-bond acceptors (Lipinski definition) is 2. The van der Waals surface area contributed by atoms with Gasteiger partial charge in [0.1, 0.15) is 0 Å². The van der Waals surface area contributed by atoms with E-state index in [1.807, 2.05) is 18.2 Å². The summed E-state index contributed by atoms with van der Waals surface area (Å²) in [4.78, 5) is 0. The molecule has 3 N–H and O–H groups in total. The molecule has 0 spiro atoms. The van der Waals surface area contributed by atoms with Crippen LogP contribution in [0.1, 0.15) is 53.9 Å². The summed E-state index contributed by atoms with van der Waals surface area (Å²) in [7, 11) is 0. The highest BCUT2D eigenvalue weighted by atomic mass is 15.0. The second kappa shape index (κ2) is 14.5. The minimum atomic E-state index is -0.359. The van der Waals surface area contributed by atoms with Gasteiger partial charge in [0.25, 0.3) is 0 Å². The molecular formula is C53H44N2. The lowest BCUT2D eigenvalue weighted by molar-refractivity contribution is 0.510. The fourth-order valence-electron chi connectivity index (χ4n) is 8.43. The average molecular weight is 709 g/mol. The average Bonchev–Trinajstić information content (AvgIpc) is 3.47. The molecule has 0 aliphatic heterocycles. The van der Waals surface area contributed by atoms with Gasteiger partial charge in [-0.05, 0) is 101 Å². The summed E-state index contributed by atoms with van der Waals surface area (Å²) in [5, 5.41) is 6.34. The van der Waals surface area contributed by atoms with Crippen molar-refractivity contribution >= 4 is 16.8 Å². The summed E-state index contributed by atoms with van der Waals surface area (Å²) in [6, 6.07) is 67.4. The molecule has 55 heavy (non-hydrogen) atoms. The van der Waals surface area contributed by atoms with Crippen LogP contribution in [0.3, 0.4) is 0 Å². The molecule has 0 amide bonds. The topological polar surface area (TPSA) is 38.0 Å². The summed E-state index contributed by atoms with van der Waals surface area (Å²) in [6.07, 6.45) is 4.14. The lowest BCUT2D eigenvalue weighted by Crippen LogP contribution is -2.31. The van der Waals surface area contributed by atoms with Crippen LogP contribution in [0.2, 0.25) is 0 Å². The zero-order valence-corrected chi connectivity index (χ0v) is 31.3. The molecule has 9 rings (SSSR count). The Morgan fingerprint density at radius 2 is 1.09 bits per heavy atom. The summed E-state index contributed by atoms with van der Waals surface area (Å²) in [5.74, 6) is 0. The normalized spacial score (nSPS) is 14.1. The van der Waals surface area contributed by atoms with E-state index in [-0.39, 0.29) is 17.6 Å². The van der Waals surface area contributed by atoms with Crippen molar-refractivity contribution in [2.24, 2.45) is 5.73 Å². The van der Waals surface area contributed by atoms with Crippen molar-refractivity contribution in [3.8, 4) is 44.5 Å². The number of rotatable bonds is 9. The third kappa shape index (κ3) is 6.61. The SMILES string of the molecule is CC1(C)c2cc3ccccc3cc2-c2c(-c3cccc(/C=C/C(NC(N)c4ccccc4)c4ccccc4-c4ccc(-c5ccccc5)cc4)c3)cccc21. The van der Waals surface area contributed by atoms with E-state index >= 15 is 0 Å². The largest absolute Gasteiger partial charge is 0.312 e. The maximum Gasteiger partial charge on any atom is 0.0817 e. The fraction of sp³-hybridized carbons (Fsp3) is 0.0943. The number of nitrogens with one attached hydrogen (secondary N) is 1. The van der Waals surface area contributed by atoms with Gasteiger partial charge in [-0.3, -0.25) is 5.32 Å². The van der Waals surface area contributed by atoms with Crippen LogP contribution < -0.4 is 11.1 Å². The predicted octanol–water partition coefficient (Wildman–Crippen LogP) is 13.1. The van der Waals surface area contributed by atoms with E-state index in [9.17, 15) is 0 Å². The molecule has 0 bridgehead atoms. The third-order valence-electron chi connectivity index (χ3n) is 11.4. The highest BCUT2D eigenvalue weighted by Gasteiger charge is 2.37. The fourth-order valence-corrected chi connectivity index (χ4v) is 8.43. The van der Waals surface area contributed by atoms with Crippen LogP contribution in [0.15, 0.2) is 194 Å². The standard InChI is InChI=1S/C53H44N2/c1-53(2)48-26-14-25-45(51(48)47-34-41-20-9-10-21-42(41)35-49(47)53)43-22-13-15-36(33-43)27-32-50(55-52(54)40-18-7-4-8-19-40)46-24-12-11-23-44(46)39-30-28-38(29-31-39)37-16-5-3-6-17-37/h3-35,50,52,55H,54H2,1-2H3/b32-27+. The Bertz CT molecular complexity index is 2650. The van der Waals surface area contributed by atoms with Crippen LogP contribution in [0.4, 0.5) is 0 Å². The van der Waals surface area contributed by atoms with Crippen LogP contribution in [-0.2, 0) is 5.41 Å². The first-order valence-corrected chi connectivity index (χ1v) is 19.2. The molecule has 8 aromatic rings. The minimum Gasteiger partial charge on any atom is -0.312 e. The van der Waals surface area contributed by atoms with Crippen LogP contribution in [0.25, 0.3) is 61.4 Å². The molecule has 1 aliphatic carbocycles. The Balaban J connectivity index is 1.09. The molecule has 2 nitrogen and oxygen atoms in total. The van der Waals surface area contributed by atoms with Crippen molar-refractivity contribution in [1.82, 2.24) is 5.32 Å². The monoisotopic (exact) mass is 708 g/mol. The van der Waals surface area contributed by atoms with Crippen molar-refractivity contribution in [2.45, 2.75) is 31.5 Å². The van der Waals surface area contributed by atoms with Gasteiger partial charge >= 0.3 is 0 Å². The quantitative estimate of drug-likeness (QED) is 0.147. The molecule has 0 saturated carbocycles. The first kappa shape index (κ1) is 34.4. The predicted molar refractivity (Wildman–Crippen MR) is 233 cm³/mol. The summed E-state index contributed by atoms with van der Waals surface area (Å²) < 4.78 is 0. The molecule has 2 heteroatoms. The molecule has 0 heterocycles. The van der Waals surface area contributed by atoms with E-state index in [4.69, 9.17) is 5.73 Å². The Hall–Kier alpha value is -6.32. The Labute approximate surface area is 324 Å². The Morgan fingerprint density at radius 1 is 0.491 bits per heavy atom. The molecule has 8 aromatic carbocycles. The van der Waals surface area contributed by atoms with Gasteiger partial charge in [0.2, 0.25) is 0 Å². The van der Waals surface area contributed by atoms with Gasteiger partial charge in [0.05, 0.1) is 12.2 Å². The molecule has 0 aromatic heterocycles. The van der Waals surface area contributed by atoms with E-state index < -0.39 is 0 Å². The van der Waals surface area contributed by atoms with Crippen molar-refractivity contribution in [2.75, 3.05) is 0 Å². The van der Waals surface area contributed by atoms with E-state index in [2.05, 4.69) is 201 Å².